The number of rotatable bonds is 4. The number of amides is 1. The zero-order valence-corrected chi connectivity index (χ0v) is 15.2. The van der Waals surface area contributed by atoms with Crippen LogP contribution in [0.5, 0.6) is 0 Å². The molecule has 6 heteroatoms. The molecular formula is C17H27N5O. The first kappa shape index (κ1) is 17.4. The van der Waals surface area contributed by atoms with E-state index in [1.807, 2.05) is 24.8 Å². The van der Waals surface area contributed by atoms with Crippen molar-refractivity contribution < 1.29 is 4.79 Å². The standard InChI is InChI=1S/C17H27N5O/c1-11(2)9-21(10-17(5,6)7)15(23)14-19-16-18-12(3)8-13(4)22(16)20-14/h8,11H,9-10H2,1-7H3. The summed E-state index contributed by atoms with van der Waals surface area (Å²) in [6, 6.07) is 1.93. The highest BCUT2D eigenvalue weighted by Gasteiger charge is 2.26. The summed E-state index contributed by atoms with van der Waals surface area (Å²) in [5.41, 5.74) is 1.81. The molecule has 0 aliphatic heterocycles. The molecule has 0 spiro atoms. The van der Waals surface area contributed by atoms with Gasteiger partial charge in [0.15, 0.2) is 0 Å². The molecule has 0 unspecified atom stereocenters. The number of nitrogens with zero attached hydrogens (tertiary/aromatic N) is 5. The SMILES string of the molecule is Cc1cc(C)n2nc(C(=O)N(CC(C)C)CC(C)(C)C)nc2n1. The van der Waals surface area contributed by atoms with Crippen LogP contribution in [0.25, 0.3) is 5.78 Å². The summed E-state index contributed by atoms with van der Waals surface area (Å²) in [5.74, 6) is 0.957. The Bertz CT molecular complexity index is 712. The van der Waals surface area contributed by atoms with E-state index in [0.717, 1.165) is 11.4 Å². The number of carbonyl (C=O) groups is 1. The first-order valence-electron chi connectivity index (χ1n) is 8.07. The molecule has 2 aromatic heterocycles. The van der Waals surface area contributed by atoms with Gasteiger partial charge in [-0.25, -0.2) is 9.50 Å². The monoisotopic (exact) mass is 317 g/mol. The van der Waals surface area contributed by atoms with Crippen molar-refractivity contribution in [2.45, 2.75) is 48.5 Å². The van der Waals surface area contributed by atoms with Gasteiger partial charge < -0.3 is 4.90 Å². The van der Waals surface area contributed by atoms with Crippen molar-refractivity contribution >= 4 is 11.7 Å². The summed E-state index contributed by atoms with van der Waals surface area (Å²) in [4.78, 5) is 23.4. The Labute approximate surface area is 137 Å². The van der Waals surface area contributed by atoms with E-state index in [1.54, 1.807) is 4.52 Å². The fourth-order valence-electron chi connectivity index (χ4n) is 2.63. The van der Waals surface area contributed by atoms with Gasteiger partial charge in [0.25, 0.3) is 11.7 Å². The van der Waals surface area contributed by atoms with E-state index in [0.29, 0.717) is 24.8 Å². The molecule has 23 heavy (non-hydrogen) atoms. The van der Waals surface area contributed by atoms with Crippen LogP contribution in [-0.2, 0) is 0 Å². The highest BCUT2D eigenvalue weighted by molar-refractivity contribution is 5.91. The number of fused-ring (bicyclic) bond motifs is 1. The topological polar surface area (TPSA) is 63.4 Å². The van der Waals surface area contributed by atoms with Gasteiger partial charge in [-0.3, -0.25) is 4.79 Å². The maximum absolute atomic E-state index is 12.9. The lowest BCUT2D eigenvalue weighted by molar-refractivity contribution is 0.0659. The number of carbonyl (C=O) groups excluding carboxylic acids is 1. The Hall–Kier alpha value is -1.98. The molecule has 2 heterocycles. The van der Waals surface area contributed by atoms with Crippen molar-refractivity contribution in [2.24, 2.45) is 11.3 Å². The number of hydrogen-bond donors (Lipinski definition) is 0. The van der Waals surface area contributed by atoms with Gasteiger partial charge in [-0.05, 0) is 31.2 Å². The summed E-state index contributed by atoms with van der Waals surface area (Å²) in [7, 11) is 0. The second kappa shape index (κ2) is 6.26. The van der Waals surface area contributed by atoms with Crippen LogP contribution in [0.3, 0.4) is 0 Å². The highest BCUT2D eigenvalue weighted by Crippen LogP contribution is 2.18. The van der Waals surface area contributed by atoms with Crippen molar-refractivity contribution in [1.29, 1.82) is 0 Å². The smallest absolute Gasteiger partial charge is 0.293 e. The van der Waals surface area contributed by atoms with Crippen molar-refractivity contribution in [1.82, 2.24) is 24.5 Å². The Morgan fingerprint density at radius 3 is 2.48 bits per heavy atom. The normalized spacial score (nSPS) is 12.2. The number of hydrogen-bond acceptors (Lipinski definition) is 4. The molecular weight excluding hydrogens is 290 g/mol. The van der Waals surface area contributed by atoms with Crippen molar-refractivity contribution in [3.05, 3.63) is 23.3 Å². The molecule has 0 aliphatic carbocycles. The average Bonchev–Trinajstić information content (AvgIpc) is 2.78. The second-order valence-electron chi connectivity index (χ2n) is 7.83. The number of aryl methyl sites for hydroxylation is 2. The first-order chi connectivity index (χ1) is 10.6. The minimum Gasteiger partial charge on any atom is -0.335 e. The van der Waals surface area contributed by atoms with E-state index in [1.165, 1.54) is 0 Å². The van der Waals surface area contributed by atoms with Crippen molar-refractivity contribution in [2.75, 3.05) is 13.1 Å². The van der Waals surface area contributed by atoms with E-state index in [9.17, 15) is 4.79 Å². The molecule has 0 saturated carbocycles. The predicted molar refractivity (Wildman–Crippen MR) is 90.5 cm³/mol. The van der Waals surface area contributed by atoms with E-state index in [-0.39, 0.29) is 17.1 Å². The summed E-state index contributed by atoms with van der Waals surface area (Å²) in [6.07, 6.45) is 0. The van der Waals surface area contributed by atoms with Gasteiger partial charge in [0, 0.05) is 24.5 Å². The van der Waals surface area contributed by atoms with E-state index in [4.69, 9.17) is 0 Å². The van der Waals surface area contributed by atoms with Crippen LogP contribution in [0.15, 0.2) is 6.07 Å². The molecule has 0 bridgehead atoms. The van der Waals surface area contributed by atoms with Gasteiger partial charge in [-0.2, -0.15) is 4.98 Å². The van der Waals surface area contributed by atoms with Crippen LogP contribution in [0, 0.1) is 25.2 Å². The Kier molecular flexibility index (Phi) is 4.73. The second-order valence-corrected chi connectivity index (χ2v) is 7.83. The minimum atomic E-state index is -0.129. The van der Waals surface area contributed by atoms with Gasteiger partial charge >= 0.3 is 0 Å². The van der Waals surface area contributed by atoms with Crippen LogP contribution in [0.4, 0.5) is 0 Å². The van der Waals surface area contributed by atoms with Gasteiger partial charge in [-0.15, -0.1) is 5.10 Å². The lowest BCUT2D eigenvalue weighted by atomic mass is 9.95. The first-order valence-corrected chi connectivity index (χ1v) is 8.07. The molecule has 1 amide bonds. The lowest BCUT2D eigenvalue weighted by Crippen LogP contribution is -2.40. The summed E-state index contributed by atoms with van der Waals surface area (Å²) in [6.45, 7) is 15.8. The van der Waals surface area contributed by atoms with Gasteiger partial charge in [0.1, 0.15) is 0 Å². The van der Waals surface area contributed by atoms with E-state index < -0.39 is 0 Å². The molecule has 2 aromatic rings. The van der Waals surface area contributed by atoms with Gasteiger partial charge in [0.2, 0.25) is 5.82 Å². The third-order valence-corrected chi connectivity index (χ3v) is 3.35. The third-order valence-electron chi connectivity index (χ3n) is 3.35. The maximum atomic E-state index is 12.9. The molecule has 0 fully saturated rings. The molecule has 2 rings (SSSR count). The molecule has 6 nitrogen and oxygen atoms in total. The van der Waals surface area contributed by atoms with E-state index in [2.05, 4.69) is 49.7 Å². The lowest BCUT2D eigenvalue weighted by Gasteiger charge is -2.30. The zero-order chi connectivity index (χ0) is 17.4. The molecule has 0 N–H and O–H groups in total. The predicted octanol–water partition coefficient (Wildman–Crippen LogP) is 2.89. The summed E-state index contributed by atoms with van der Waals surface area (Å²) < 4.78 is 1.63. The van der Waals surface area contributed by atoms with E-state index >= 15 is 0 Å². The Morgan fingerprint density at radius 2 is 1.91 bits per heavy atom. The fourth-order valence-corrected chi connectivity index (χ4v) is 2.63. The zero-order valence-electron chi connectivity index (χ0n) is 15.2. The molecule has 0 atom stereocenters. The molecule has 126 valence electrons. The Balaban J connectivity index is 2.37. The number of aromatic nitrogens is 4. The Morgan fingerprint density at radius 1 is 1.26 bits per heavy atom. The van der Waals surface area contributed by atoms with Crippen LogP contribution in [0.1, 0.15) is 56.6 Å². The van der Waals surface area contributed by atoms with Crippen molar-refractivity contribution in [3.8, 4) is 0 Å². The third kappa shape index (κ3) is 4.27. The van der Waals surface area contributed by atoms with Crippen LogP contribution < -0.4 is 0 Å². The molecule has 0 aromatic carbocycles. The summed E-state index contributed by atoms with van der Waals surface area (Å²) >= 11 is 0. The molecule has 0 saturated heterocycles. The minimum absolute atomic E-state index is 0.0223. The van der Waals surface area contributed by atoms with Gasteiger partial charge in [0.05, 0.1) is 0 Å². The maximum Gasteiger partial charge on any atom is 0.293 e. The fraction of sp³-hybridized carbons (Fsp3) is 0.647. The average molecular weight is 317 g/mol. The quantitative estimate of drug-likeness (QED) is 0.870. The molecule has 0 aliphatic rings. The van der Waals surface area contributed by atoms with Crippen LogP contribution >= 0.6 is 0 Å². The largest absolute Gasteiger partial charge is 0.335 e. The molecule has 0 radical (unpaired) electrons. The summed E-state index contributed by atoms with van der Waals surface area (Å²) in [5, 5.41) is 4.36. The highest BCUT2D eigenvalue weighted by atomic mass is 16.2. The van der Waals surface area contributed by atoms with Crippen LogP contribution in [-0.4, -0.2) is 43.5 Å². The van der Waals surface area contributed by atoms with Crippen LogP contribution in [0.2, 0.25) is 0 Å². The van der Waals surface area contributed by atoms with Crippen molar-refractivity contribution in [3.63, 3.8) is 0 Å². The van der Waals surface area contributed by atoms with Gasteiger partial charge in [-0.1, -0.05) is 34.6 Å².